The van der Waals surface area contributed by atoms with E-state index in [1.807, 2.05) is 6.07 Å². The molecule has 2 rings (SSSR count). The Balaban J connectivity index is 2.11. The van der Waals surface area contributed by atoms with Crippen LogP contribution in [0.4, 0.5) is 0 Å². The van der Waals surface area contributed by atoms with Crippen LogP contribution in [0.5, 0.6) is 0 Å². The summed E-state index contributed by atoms with van der Waals surface area (Å²) >= 11 is 6.68. The fraction of sp³-hybridized carbons (Fsp3) is 0.385. The van der Waals surface area contributed by atoms with Crippen molar-refractivity contribution in [2.75, 3.05) is 6.54 Å². The zero-order valence-corrected chi connectivity index (χ0v) is 13.4. The highest BCUT2D eigenvalue weighted by Crippen LogP contribution is 2.21. The normalized spacial score (nSPS) is 19.5. The van der Waals surface area contributed by atoms with Gasteiger partial charge in [0.1, 0.15) is 6.04 Å². The number of nitrogens with one attached hydrogen (secondary N) is 2. The van der Waals surface area contributed by atoms with Gasteiger partial charge in [0, 0.05) is 15.5 Å². The van der Waals surface area contributed by atoms with Gasteiger partial charge in [-0.1, -0.05) is 15.9 Å². The molecular weight excluding hydrogens is 376 g/mol. The van der Waals surface area contributed by atoms with E-state index in [4.69, 9.17) is 0 Å². The number of benzene rings is 1. The average Bonchev–Trinajstić information content (AvgIpc) is 2.58. The van der Waals surface area contributed by atoms with E-state index >= 15 is 0 Å². The third-order valence-corrected chi connectivity index (χ3v) is 4.20. The Hall–Kier alpha value is -0.880. The number of carbonyl (C=O) groups excluding carboxylic acids is 2. The highest BCUT2D eigenvalue weighted by Gasteiger charge is 2.23. The third kappa shape index (κ3) is 3.79. The lowest BCUT2D eigenvalue weighted by Crippen LogP contribution is -2.45. The molecule has 1 fully saturated rings. The first kappa shape index (κ1) is 14.5. The molecule has 1 unspecified atom stereocenters. The topological polar surface area (TPSA) is 58.2 Å². The Morgan fingerprint density at radius 3 is 2.89 bits per heavy atom. The Labute approximate surface area is 128 Å². The van der Waals surface area contributed by atoms with Crippen LogP contribution in [-0.4, -0.2) is 24.4 Å². The van der Waals surface area contributed by atoms with E-state index in [1.54, 1.807) is 12.1 Å². The average molecular weight is 390 g/mol. The van der Waals surface area contributed by atoms with Crippen molar-refractivity contribution in [2.24, 2.45) is 0 Å². The summed E-state index contributed by atoms with van der Waals surface area (Å²) in [5.41, 5.74) is 0.520. The maximum atomic E-state index is 12.2. The molecule has 6 heteroatoms. The lowest BCUT2D eigenvalue weighted by Gasteiger charge is -2.15. The van der Waals surface area contributed by atoms with Crippen LogP contribution in [0.2, 0.25) is 0 Å². The molecular formula is C13H14Br2N2O2. The molecule has 0 aliphatic carbocycles. The Kier molecular flexibility index (Phi) is 4.99. The number of amides is 2. The molecule has 0 spiro atoms. The van der Waals surface area contributed by atoms with Crippen molar-refractivity contribution in [3.8, 4) is 0 Å². The van der Waals surface area contributed by atoms with Gasteiger partial charge < -0.3 is 10.6 Å². The van der Waals surface area contributed by atoms with Crippen LogP contribution in [-0.2, 0) is 4.79 Å². The van der Waals surface area contributed by atoms with Crippen molar-refractivity contribution in [3.63, 3.8) is 0 Å². The van der Waals surface area contributed by atoms with Crippen molar-refractivity contribution in [1.29, 1.82) is 0 Å². The molecule has 1 aliphatic rings. The summed E-state index contributed by atoms with van der Waals surface area (Å²) < 4.78 is 1.54. The fourth-order valence-corrected chi connectivity index (χ4v) is 2.77. The molecule has 19 heavy (non-hydrogen) atoms. The molecule has 1 aliphatic heterocycles. The second-order valence-corrected chi connectivity index (χ2v) is 6.21. The van der Waals surface area contributed by atoms with Crippen LogP contribution in [0, 0.1) is 0 Å². The molecule has 0 saturated carbocycles. The van der Waals surface area contributed by atoms with Gasteiger partial charge in [-0.05, 0) is 53.4 Å². The summed E-state index contributed by atoms with van der Waals surface area (Å²) in [5, 5.41) is 5.59. The van der Waals surface area contributed by atoms with Crippen LogP contribution in [0.1, 0.15) is 29.6 Å². The van der Waals surface area contributed by atoms with E-state index in [0.717, 1.165) is 17.3 Å². The number of carbonyl (C=O) groups is 2. The monoisotopic (exact) mass is 388 g/mol. The maximum absolute atomic E-state index is 12.2. The molecule has 2 amide bonds. The predicted molar refractivity (Wildman–Crippen MR) is 80.0 cm³/mol. The SMILES string of the molecule is O=C(NC1CCCCNC1=O)c1cc(Br)ccc1Br. The van der Waals surface area contributed by atoms with Crippen molar-refractivity contribution >= 4 is 43.7 Å². The van der Waals surface area contributed by atoms with E-state index in [1.165, 1.54) is 0 Å². The van der Waals surface area contributed by atoms with Gasteiger partial charge >= 0.3 is 0 Å². The number of rotatable bonds is 2. The molecule has 1 aromatic rings. The van der Waals surface area contributed by atoms with E-state index in [-0.39, 0.29) is 11.8 Å². The van der Waals surface area contributed by atoms with Crippen LogP contribution in [0.25, 0.3) is 0 Å². The minimum atomic E-state index is -0.444. The lowest BCUT2D eigenvalue weighted by atomic mass is 10.1. The van der Waals surface area contributed by atoms with Crippen molar-refractivity contribution in [1.82, 2.24) is 10.6 Å². The highest BCUT2D eigenvalue weighted by atomic mass is 79.9. The molecule has 0 bridgehead atoms. The summed E-state index contributed by atoms with van der Waals surface area (Å²) in [6, 6.07) is 4.93. The van der Waals surface area contributed by atoms with Gasteiger partial charge in [-0.15, -0.1) is 0 Å². The summed E-state index contributed by atoms with van der Waals surface area (Å²) in [6.07, 6.45) is 2.57. The second kappa shape index (κ2) is 6.52. The van der Waals surface area contributed by atoms with Gasteiger partial charge in [0.15, 0.2) is 0 Å². The van der Waals surface area contributed by atoms with Crippen LogP contribution >= 0.6 is 31.9 Å². The summed E-state index contributed by atoms with van der Waals surface area (Å²) in [4.78, 5) is 24.0. The molecule has 1 atom stereocenters. The largest absolute Gasteiger partial charge is 0.354 e. The van der Waals surface area contributed by atoms with Gasteiger partial charge in [-0.25, -0.2) is 0 Å². The quantitative estimate of drug-likeness (QED) is 0.816. The van der Waals surface area contributed by atoms with Crippen molar-refractivity contribution in [3.05, 3.63) is 32.7 Å². The highest BCUT2D eigenvalue weighted by molar-refractivity contribution is 9.11. The minimum absolute atomic E-state index is 0.100. The van der Waals surface area contributed by atoms with E-state index in [0.29, 0.717) is 23.0 Å². The van der Waals surface area contributed by atoms with Gasteiger partial charge in [-0.2, -0.15) is 0 Å². The zero-order chi connectivity index (χ0) is 13.8. The molecule has 4 nitrogen and oxygen atoms in total. The zero-order valence-electron chi connectivity index (χ0n) is 10.2. The minimum Gasteiger partial charge on any atom is -0.354 e. The number of hydrogen-bond donors (Lipinski definition) is 2. The van der Waals surface area contributed by atoms with Gasteiger partial charge in [0.25, 0.3) is 5.91 Å². The standard InChI is InChI=1S/C13H14Br2N2O2/c14-8-4-5-10(15)9(7-8)12(18)17-11-3-1-2-6-16-13(11)19/h4-5,7,11H,1-3,6H2,(H,16,19)(H,17,18). The summed E-state index contributed by atoms with van der Waals surface area (Å²) in [6.45, 7) is 0.686. The Morgan fingerprint density at radius 1 is 1.32 bits per heavy atom. The lowest BCUT2D eigenvalue weighted by molar-refractivity contribution is -0.122. The van der Waals surface area contributed by atoms with Crippen LogP contribution < -0.4 is 10.6 Å². The van der Waals surface area contributed by atoms with Gasteiger partial charge in [0.05, 0.1) is 5.56 Å². The van der Waals surface area contributed by atoms with Crippen LogP contribution in [0.15, 0.2) is 27.1 Å². The number of halogens is 2. The molecule has 0 aromatic heterocycles. The van der Waals surface area contributed by atoms with Crippen molar-refractivity contribution in [2.45, 2.75) is 25.3 Å². The van der Waals surface area contributed by atoms with Crippen molar-refractivity contribution < 1.29 is 9.59 Å². The smallest absolute Gasteiger partial charge is 0.253 e. The van der Waals surface area contributed by atoms with Crippen LogP contribution in [0.3, 0.4) is 0 Å². The maximum Gasteiger partial charge on any atom is 0.253 e. The molecule has 1 heterocycles. The first-order valence-electron chi connectivity index (χ1n) is 6.11. The second-order valence-electron chi connectivity index (χ2n) is 4.44. The fourth-order valence-electron chi connectivity index (χ4n) is 1.98. The molecule has 2 N–H and O–H groups in total. The first-order valence-corrected chi connectivity index (χ1v) is 7.70. The van der Waals surface area contributed by atoms with Gasteiger partial charge in [-0.3, -0.25) is 9.59 Å². The summed E-state index contributed by atoms with van der Waals surface area (Å²) in [7, 11) is 0. The van der Waals surface area contributed by atoms with E-state index < -0.39 is 6.04 Å². The molecule has 0 radical (unpaired) electrons. The number of hydrogen-bond acceptors (Lipinski definition) is 2. The Morgan fingerprint density at radius 2 is 2.11 bits per heavy atom. The molecule has 1 aromatic carbocycles. The predicted octanol–water partition coefficient (Wildman–Crippen LogP) is 2.61. The molecule has 102 valence electrons. The Bertz CT molecular complexity index is 505. The van der Waals surface area contributed by atoms with Gasteiger partial charge in [0.2, 0.25) is 5.91 Å². The summed E-state index contributed by atoms with van der Waals surface area (Å²) in [5.74, 6) is -0.341. The van der Waals surface area contributed by atoms with E-state index in [2.05, 4.69) is 42.5 Å². The first-order chi connectivity index (χ1) is 9.08. The third-order valence-electron chi connectivity index (χ3n) is 3.01. The van der Waals surface area contributed by atoms with E-state index in [9.17, 15) is 9.59 Å². The molecule has 1 saturated heterocycles.